The Kier molecular flexibility index (Phi) is 5.28. The number of benzene rings is 2. The molecule has 2 N–H and O–H groups in total. The number of fused-ring (bicyclic) bond motifs is 4. The Balaban J connectivity index is 1.64. The van der Waals surface area contributed by atoms with Crippen LogP contribution in [0.2, 0.25) is 0 Å². The van der Waals surface area contributed by atoms with Crippen LogP contribution in [0.4, 0.5) is 0 Å². The van der Waals surface area contributed by atoms with Crippen molar-refractivity contribution >= 4 is 19.9 Å². The second-order valence-corrected chi connectivity index (χ2v) is 13.1. The maximum Gasteiger partial charge on any atom is 0.241 e. The normalized spacial score (nSPS) is 25.9. The maximum atomic E-state index is 13.6. The third-order valence-corrected chi connectivity index (χ3v) is 11.1. The van der Waals surface area contributed by atoms with Gasteiger partial charge in [0.1, 0.15) is 0 Å². The van der Waals surface area contributed by atoms with Crippen LogP contribution in [0.5, 0.6) is 0 Å². The van der Waals surface area contributed by atoms with Crippen LogP contribution < -0.4 is 4.72 Å². The van der Waals surface area contributed by atoms with E-state index in [2.05, 4.69) is 4.72 Å². The van der Waals surface area contributed by atoms with Crippen molar-refractivity contribution < 1.29 is 21.9 Å². The molecule has 0 atom stereocenters. The first-order valence-corrected chi connectivity index (χ1v) is 14.3. The molecule has 6 nitrogen and oxygen atoms in total. The monoisotopic (exact) mass is 475 g/mol. The highest BCUT2D eigenvalue weighted by Crippen LogP contribution is 2.54. The lowest BCUT2D eigenvalue weighted by molar-refractivity contribution is 0.120. The van der Waals surface area contributed by atoms with Crippen LogP contribution in [0.1, 0.15) is 68.1 Å². The summed E-state index contributed by atoms with van der Waals surface area (Å²) < 4.78 is 56.6. The molecule has 0 saturated heterocycles. The summed E-state index contributed by atoms with van der Waals surface area (Å²) in [6.07, 6.45) is 5.63. The van der Waals surface area contributed by atoms with E-state index in [0.717, 1.165) is 36.8 Å². The van der Waals surface area contributed by atoms with Crippen molar-refractivity contribution in [3.8, 4) is 0 Å². The van der Waals surface area contributed by atoms with E-state index in [1.807, 2.05) is 12.1 Å². The number of hydrogen-bond donors (Lipinski definition) is 2. The highest BCUT2D eigenvalue weighted by atomic mass is 32.2. The fraction of sp³-hybridized carbons (Fsp3) is 0.500. The van der Waals surface area contributed by atoms with Gasteiger partial charge in [-0.05, 0) is 74.3 Å². The van der Waals surface area contributed by atoms with Gasteiger partial charge in [-0.25, -0.2) is 21.6 Å². The highest BCUT2D eigenvalue weighted by molar-refractivity contribution is 7.92. The molecule has 0 radical (unpaired) electrons. The van der Waals surface area contributed by atoms with Crippen molar-refractivity contribution in [1.29, 1.82) is 0 Å². The molecule has 2 fully saturated rings. The number of sulfone groups is 1. The summed E-state index contributed by atoms with van der Waals surface area (Å²) >= 11 is 0. The van der Waals surface area contributed by atoms with Crippen LogP contribution in [-0.2, 0) is 25.3 Å². The number of aliphatic hydroxyl groups is 1. The van der Waals surface area contributed by atoms with E-state index >= 15 is 0 Å². The van der Waals surface area contributed by atoms with Gasteiger partial charge in [-0.15, -0.1) is 0 Å². The van der Waals surface area contributed by atoms with E-state index in [1.54, 1.807) is 25.1 Å². The molecule has 0 unspecified atom stereocenters. The van der Waals surface area contributed by atoms with E-state index in [9.17, 15) is 21.9 Å². The summed E-state index contributed by atoms with van der Waals surface area (Å²) in [6.45, 7) is 1.75. The highest BCUT2D eigenvalue weighted by Gasteiger charge is 2.48. The molecular weight excluding hydrogens is 446 g/mol. The summed E-state index contributed by atoms with van der Waals surface area (Å²) in [5.41, 5.74) is 1.77. The predicted molar refractivity (Wildman–Crippen MR) is 121 cm³/mol. The summed E-state index contributed by atoms with van der Waals surface area (Å²) in [6, 6.07) is 10.1. The SMILES string of the molecule is Cc1cc2c(cc1S(=O)(=O)NC1CCC(O)CC1)S(=O)(=O)c1ccccc1C21CCCC1. The quantitative estimate of drug-likeness (QED) is 0.707. The average molecular weight is 476 g/mol. The number of sulfonamides is 1. The topological polar surface area (TPSA) is 101 Å². The number of hydrogen-bond acceptors (Lipinski definition) is 5. The summed E-state index contributed by atoms with van der Waals surface area (Å²) in [4.78, 5) is 0.456. The minimum Gasteiger partial charge on any atom is -0.393 e. The molecule has 172 valence electrons. The minimum absolute atomic E-state index is 0.0264. The van der Waals surface area contributed by atoms with Gasteiger partial charge in [0.25, 0.3) is 0 Å². The van der Waals surface area contributed by atoms with Gasteiger partial charge in [-0.3, -0.25) is 0 Å². The summed E-state index contributed by atoms with van der Waals surface area (Å²) in [5, 5.41) is 9.71. The fourth-order valence-electron chi connectivity index (χ4n) is 5.91. The Morgan fingerprint density at radius 1 is 0.969 bits per heavy atom. The van der Waals surface area contributed by atoms with Crippen molar-refractivity contribution in [1.82, 2.24) is 4.72 Å². The van der Waals surface area contributed by atoms with E-state index in [1.165, 1.54) is 6.07 Å². The van der Waals surface area contributed by atoms with Gasteiger partial charge in [0.15, 0.2) is 0 Å². The van der Waals surface area contributed by atoms with Crippen molar-refractivity contribution in [3.63, 3.8) is 0 Å². The molecule has 0 amide bonds. The van der Waals surface area contributed by atoms with Crippen molar-refractivity contribution in [3.05, 3.63) is 53.1 Å². The molecule has 32 heavy (non-hydrogen) atoms. The van der Waals surface area contributed by atoms with Crippen molar-refractivity contribution in [2.75, 3.05) is 0 Å². The number of nitrogens with one attached hydrogen (secondary N) is 1. The zero-order valence-corrected chi connectivity index (χ0v) is 19.8. The van der Waals surface area contributed by atoms with Gasteiger partial charge in [0.2, 0.25) is 19.9 Å². The van der Waals surface area contributed by atoms with Gasteiger partial charge >= 0.3 is 0 Å². The molecule has 8 heteroatoms. The molecule has 5 rings (SSSR count). The lowest BCUT2D eigenvalue weighted by Gasteiger charge is -2.38. The zero-order valence-electron chi connectivity index (χ0n) is 18.2. The lowest BCUT2D eigenvalue weighted by Crippen LogP contribution is -2.39. The molecule has 3 aliphatic rings. The lowest BCUT2D eigenvalue weighted by atomic mass is 9.72. The van der Waals surface area contributed by atoms with Gasteiger partial charge < -0.3 is 5.11 Å². The summed E-state index contributed by atoms with van der Waals surface area (Å²) in [7, 11) is -7.73. The Morgan fingerprint density at radius 2 is 1.62 bits per heavy atom. The standard InChI is InChI=1S/C24H29NO5S2/c1-16-14-20-23(15-22(16)32(29,30)25-17-8-10-18(26)11-9-17)31(27,28)21-7-3-2-6-19(21)24(20)12-4-5-13-24/h2-3,6-7,14-15,17-18,25-26H,4-5,8-13H2,1H3. The van der Waals surface area contributed by atoms with E-state index in [-0.39, 0.29) is 27.4 Å². The molecule has 2 aromatic carbocycles. The first-order chi connectivity index (χ1) is 15.1. The molecule has 0 aromatic heterocycles. The van der Waals surface area contributed by atoms with Gasteiger partial charge in [0.05, 0.1) is 20.8 Å². The fourth-order valence-corrected chi connectivity index (χ4v) is 9.41. The Labute approximate surface area is 190 Å². The van der Waals surface area contributed by atoms with E-state index < -0.39 is 19.9 Å². The molecule has 1 aliphatic heterocycles. The van der Waals surface area contributed by atoms with E-state index in [0.29, 0.717) is 36.1 Å². The number of rotatable bonds is 3. The van der Waals surface area contributed by atoms with Crippen LogP contribution in [0.15, 0.2) is 51.1 Å². The van der Waals surface area contributed by atoms with Crippen LogP contribution in [0.3, 0.4) is 0 Å². The smallest absolute Gasteiger partial charge is 0.241 e. The van der Waals surface area contributed by atoms with E-state index in [4.69, 9.17) is 0 Å². The number of aryl methyl sites for hydroxylation is 1. The van der Waals surface area contributed by atoms with Crippen LogP contribution in [0, 0.1) is 6.92 Å². The molecule has 2 aromatic rings. The summed E-state index contributed by atoms with van der Waals surface area (Å²) in [5.74, 6) is 0. The molecule has 1 heterocycles. The number of aliphatic hydroxyl groups excluding tert-OH is 1. The second-order valence-electron chi connectivity index (χ2n) is 9.53. The van der Waals surface area contributed by atoms with Crippen molar-refractivity contribution in [2.45, 2.75) is 90.5 Å². The third kappa shape index (κ3) is 3.34. The average Bonchev–Trinajstić information content (AvgIpc) is 3.25. The Hall–Kier alpha value is -1.74. The maximum absolute atomic E-state index is 13.6. The van der Waals surface area contributed by atoms with Crippen LogP contribution >= 0.6 is 0 Å². The molecule has 2 saturated carbocycles. The zero-order chi connectivity index (χ0) is 22.7. The first kappa shape index (κ1) is 22.1. The largest absolute Gasteiger partial charge is 0.393 e. The first-order valence-electron chi connectivity index (χ1n) is 11.4. The molecular formula is C24H29NO5S2. The predicted octanol–water partition coefficient (Wildman–Crippen LogP) is 3.58. The second kappa shape index (κ2) is 7.65. The molecule has 2 aliphatic carbocycles. The molecule has 1 spiro atoms. The third-order valence-electron chi connectivity index (χ3n) is 7.54. The van der Waals surface area contributed by atoms with Gasteiger partial charge in [0, 0.05) is 11.5 Å². The Bertz CT molecular complexity index is 1270. The molecule has 0 bridgehead atoms. The Morgan fingerprint density at radius 3 is 2.31 bits per heavy atom. The van der Waals surface area contributed by atoms with Crippen LogP contribution in [0.25, 0.3) is 0 Å². The van der Waals surface area contributed by atoms with Gasteiger partial charge in [-0.2, -0.15) is 0 Å². The van der Waals surface area contributed by atoms with Gasteiger partial charge in [-0.1, -0.05) is 37.1 Å². The minimum atomic E-state index is -3.90. The van der Waals surface area contributed by atoms with Crippen molar-refractivity contribution in [2.24, 2.45) is 0 Å². The van der Waals surface area contributed by atoms with Crippen LogP contribution in [-0.4, -0.2) is 34.1 Å².